The molecule has 2 aliphatic carbocycles. The van der Waals surface area contributed by atoms with E-state index in [9.17, 15) is 4.79 Å². The van der Waals surface area contributed by atoms with Crippen molar-refractivity contribution in [3.8, 4) is 0 Å². The fourth-order valence-electron chi connectivity index (χ4n) is 3.44. The fourth-order valence-corrected chi connectivity index (χ4v) is 3.44. The molecule has 2 fully saturated rings. The Morgan fingerprint density at radius 1 is 1.47 bits per heavy atom. The van der Waals surface area contributed by atoms with Crippen molar-refractivity contribution in [1.82, 2.24) is 10.3 Å². The maximum absolute atomic E-state index is 12.0. The number of carbonyl (C=O) groups is 1. The summed E-state index contributed by atoms with van der Waals surface area (Å²) in [4.78, 5) is 16.3. The summed E-state index contributed by atoms with van der Waals surface area (Å²) < 4.78 is 0. The third-order valence-electron chi connectivity index (χ3n) is 4.73. The minimum Gasteiger partial charge on any atom is -0.383 e. The fraction of sp³-hybridized carbons (Fsp3) is 0.500. The quantitative estimate of drug-likeness (QED) is 0.845. The first-order valence-electron chi connectivity index (χ1n) is 6.89. The number of fused-ring (bicyclic) bond motifs is 1. The van der Waals surface area contributed by atoms with Crippen LogP contribution in [0.15, 0.2) is 35.7 Å². The molecule has 0 saturated heterocycles. The summed E-state index contributed by atoms with van der Waals surface area (Å²) >= 11 is 0. The van der Waals surface area contributed by atoms with E-state index < -0.39 is 0 Å². The molecule has 0 amide bonds. The van der Waals surface area contributed by atoms with Gasteiger partial charge in [-0.1, -0.05) is 19.9 Å². The van der Waals surface area contributed by atoms with Gasteiger partial charge in [-0.25, -0.2) is 0 Å². The van der Waals surface area contributed by atoms with Crippen molar-refractivity contribution in [2.75, 3.05) is 0 Å². The Labute approximate surface area is 114 Å². The average Bonchev–Trinajstić information content (AvgIpc) is 2.74. The maximum atomic E-state index is 12.0. The Bertz CT molecular complexity index is 545. The molecule has 2 atom stereocenters. The third-order valence-corrected chi connectivity index (χ3v) is 4.73. The molecule has 3 rings (SSSR count). The molecule has 0 aromatic carbocycles. The van der Waals surface area contributed by atoms with Crippen molar-refractivity contribution in [2.45, 2.75) is 33.7 Å². The zero-order chi connectivity index (χ0) is 13.6. The zero-order valence-electron chi connectivity index (χ0n) is 11.7. The number of hydrogen-bond acceptors (Lipinski definition) is 3. The third kappa shape index (κ3) is 1.97. The summed E-state index contributed by atoms with van der Waals surface area (Å²) in [5.41, 5.74) is 3.39. The Balaban J connectivity index is 1.74. The van der Waals surface area contributed by atoms with E-state index in [2.05, 4.69) is 24.1 Å². The minimum atomic E-state index is 0.317. The van der Waals surface area contributed by atoms with Gasteiger partial charge in [-0.15, -0.1) is 0 Å². The molecular weight excluding hydrogens is 236 g/mol. The number of ketones is 1. The van der Waals surface area contributed by atoms with Crippen LogP contribution in [-0.2, 0) is 11.3 Å². The number of allylic oxidation sites excluding steroid dienone is 2. The van der Waals surface area contributed by atoms with Crippen LogP contribution in [-0.4, -0.2) is 10.8 Å². The second-order valence-corrected chi connectivity index (χ2v) is 6.25. The molecule has 1 aromatic rings. The summed E-state index contributed by atoms with van der Waals surface area (Å²) in [6, 6.07) is 5.88. The molecule has 2 saturated carbocycles. The highest BCUT2D eigenvalue weighted by molar-refractivity contribution is 6.01. The molecule has 0 bridgehead atoms. The van der Waals surface area contributed by atoms with E-state index in [0.29, 0.717) is 29.6 Å². The SMILES string of the molecule is CC(NCc1ccccn1)=C1C(=O)C[C@@H]2[C@H]1C2(C)C. The first-order chi connectivity index (χ1) is 9.01. The second kappa shape index (κ2) is 4.19. The number of Topliss-reactive ketones (excluding diaryl/α,β-unsaturated/α-hetero) is 1. The summed E-state index contributed by atoms with van der Waals surface area (Å²) in [6.45, 7) is 7.23. The van der Waals surface area contributed by atoms with Crippen LogP contribution in [0.5, 0.6) is 0 Å². The molecule has 3 nitrogen and oxygen atoms in total. The van der Waals surface area contributed by atoms with E-state index >= 15 is 0 Å². The van der Waals surface area contributed by atoms with Gasteiger partial charge in [0.1, 0.15) is 0 Å². The lowest BCUT2D eigenvalue weighted by molar-refractivity contribution is -0.115. The minimum absolute atomic E-state index is 0.317. The zero-order valence-corrected chi connectivity index (χ0v) is 11.7. The van der Waals surface area contributed by atoms with E-state index in [4.69, 9.17) is 0 Å². The molecule has 1 aromatic heterocycles. The molecule has 19 heavy (non-hydrogen) atoms. The van der Waals surface area contributed by atoms with Crippen LogP contribution in [0.3, 0.4) is 0 Å². The molecule has 1 N–H and O–H groups in total. The van der Waals surface area contributed by atoms with Gasteiger partial charge in [0.25, 0.3) is 0 Å². The maximum Gasteiger partial charge on any atom is 0.161 e. The lowest BCUT2D eigenvalue weighted by atomic mass is 9.95. The molecular formula is C16H20N2O. The van der Waals surface area contributed by atoms with Crippen molar-refractivity contribution in [1.29, 1.82) is 0 Å². The van der Waals surface area contributed by atoms with E-state index in [0.717, 1.165) is 23.4 Å². The molecule has 1 heterocycles. The molecule has 0 unspecified atom stereocenters. The number of hydrogen-bond donors (Lipinski definition) is 1. The topological polar surface area (TPSA) is 42.0 Å². The Hall–Kier alpha value is -1.64. The first kappa shape index (κ1) is 12.4. The highest BCUT2D eigenvalue weighted by Crippen LogP contribution is 2.68. The monoisotopic (exact) mass is 256 g/mol. The second-order valence-electron chi connectivity index (χ2n) is 6.25. The largest absolute Gasteiger partial charge is 0.383 e. The van der Waals surface area contributed by atoms with Gasteiger partial charge < -0.3 is 5.32 Å². The van der Waals surface area contributed by atoms with E-state index in [1.807, 2.05) is 25.1 Å². The van der Waals surface area contributed by atoms with Gasteiger partial charge in [0.05, 0.1) is 12.2 Å². The standard InChI is InChI=1S/C16H20N2O/c1-10(18-9-11-6-4-5-7-17-11)14-13(19)8-12-15(14)16(12,2)3/h4-7,12,15,18H,8-9H2,1-3H3/t12-,15-/m1/s1. The van der Waals surface area contributed by atoms with Crippen molar-refractivity contribution >= 4 is 5.78 Å². The van der Waals surface area contributed by atoms with Crippen molar-refractivity contribution in [2.24, 2.45) is 17.3 Å². The number of carbonyl (C=O) groups excluding carboxylic acids is 1. The number of pyridine rings is 1. The lowest BCUT2D eigenvalue weighted by Crippen LogP contribution is -2.18. The van der Waals surface area contributed by atoms with Gasteiger partial charge in [-0.05, 0) is 36.3 Å². The Kier molecular flexibility index (Phi) is 2.73. The number of nitrogens with zero attached hydrogens (tertiary/aromatic N) is 1. The van der Waals surface area contributed by atoms with Gasteiger partial charge >= 0.3 is 0 Å². The van der Waals surface area contributed by atoms with Crippen molar-refractivity contribution in [3.05, 3.63) is 41.4 Å². The molecule has 0 aliphatic heterocycles. The smallest absolute Gasteiger partial charge is 0.161 e. The van der Waals surface area contributed by atoms with Gasteiger partial charge in [0, 0.05) is 23.9 Å². The average molecular weight is 256 g/mol. The Morgan fingerprint density at radius 3 is 2.89 bits per heavy atom. The highest BCUT2D eigenvalue weighted by Gasteiger charge is 2.65. The van der Waals surface area contributed by atoms with Gasteiger partial charge in [0.15, 0.2) is 5.78 Å². The van der Waals surface area contributed by atoms with Crippen LogP contribution in [0, 0.1) is 17.3 Å². The van der Waals surface area contributed by atoms with Gasteiger partial charge in [0.2, 0.25) is 0 Å². The molecule has 0 radical (unpaired) electrons. The lowest BCUT2D eigenvalue weighted by Gasteiger charge is -2.14. The Morgan fingerprint density at radius 2 is 2.26 bits per heavy atom. The van der Waals surface area contributed by atoms with Crippen LogP contribution >= 0.6 is 0 Å². The van der Waals surface area contributed by atoms with Crippen molar-refractivity contribution < 1.29 is 4.79 Å². The van der Waals surface area contributed by atoms with Crippen LogP contribution in [0.1, 0.15) is 32.9 Å². The molecule has 0 spiro atoms. The summed E-state index contributed by atoms with van der Waals surface area (Å²) in [6.07, 6.45) is 2.52. The summed E-state index contributed by atoms with van der Waals surface area (Å²) in [7, 11) is 0. The van der Waals surface area contributed by atoms with Crippen LogP contribution < -0.4 is 5.32 Å². The van der Waals surface area contributed by atoms with E-state index in [1.54, 1.807) is 6.20 Å². The predicted octanol–water partition coefficient (Wildman–Crippen LogP) is 2.69. The first-order valence-corrected chi connectivity index (χ1v) is 6.89. The van der Waals surface area contributed by atoms with Crippen molar-refractivity contribution in [3.63, 3.8) is 0 Å². The molecule has 3 heteroatoms. The normalized spacial score (nSPS) is 29.9. The van der Waals surface area contributed by atoms with Crippen LogP contribution in [0.2, 0.25) is 0 Å². The molecule has 100 valence electrons. The number of rotatable bonds is 3. The molecule has 2 aliphatic rings. The highest BCUT2D eigenvalue weighted by atomic mass is 16.1. The number of aromatic nitrogens is 1. The summed E-state index contributed by atoms with van der Waals surface area (Å²) in [5.74, 6) is 1.37. The van der Waals surface area contributed by atoms with E-state index in [-0.39, 0.29) is 0 Å². The van der Waals surface area contributed by atoms with Crippen LogP contribution in [0.4, 0.5) is 0 Å². The van der Waals surface area contributed by atoms with Crippen LogP contribution in [0.25, 0.3) is 0 Å². The predicted molar refractivity (Wildman–Crippen MR) is 74.2 cm³/mol. The number of nitrogens with one attached hydrogen (secondary N) is 1. The van der Waals surface area contributed by atoms with E-state index in [1.165, 1.54) is 0 Å². The van der Waals surface area contributed by atoms with Gasteiger partial charge in [-0.2, -0.15) is 0 Å². The summed E-state index contributed by atoms with van der Waals surface area (Å²) in [5, 5.41) is 3.36. The van der Waals surface area contributed by atoms with Gasteiger partial charge in [-0.3, -0.25) is 9.78 Å².